The second kappa shape index (κ2) is 6.28. The van der Waals surface area contributed by atoms with Gasteiger partial charge in [0.2, 0.25) is 5.91 Å². The zero-order valence-corrected chi connectivity index (χ0v) is 14.5. The Labute approximate surface area is 142 Å². The molecule has 6 heteroatoms. The van der Waals surface area contributed by atoms with Gasteiger partial charge in [-0.25, -0.2) is 8.42 Å². The van der Waals surface area contributed by atoms with Gasteiger partial charge in [0.15, 0.2) is 0 Å². The van der Waals surface area contributed by atoms with Crippen LogP contribution in [0.3, 0.4) is 0 Å². The number of hydrogen-bond donors (Lipinski definition) is 2. The van der Waals surface area contributed by atoms with E-state index in [0.29, 0.717) is 30.6 Å². The summed E-state index contributed by atoms with van der Waals surface area (Å²) in [6.07, 6.45) is 1.85. The SMILES string of the molecule is Cc1cc(C)cc(NS(=O)(=O)c2ccc3c(c2)CCCC(=O)N3)c1. The smallest absolute Gasteiger partial charge is 0.261 e. The fourth-order valence-corrected chi connectivity index (χ4v) is 4.06. The normalized spacial score (nSPS) is 14.5. The van der Waals surface area contributed by atoms with Gasteiger partial charge in [-0.2, -0.15) is 0 Å². The van der Waals surface area contributed by atoms with Gasteiger partial charge in [0.1, 0.15) is 0 Å². The maximum atomic E-state index is 12.7. The third-order valence-corrected chi connectivity index (χ3v) is 5.36. The molecule has 3 rings (SSSR count). The number of nitrogens with one attached hydrogen (secondary N) is 2. The van der Waals surface area contributed by atoms with Crippen LogP contribution >= 0.6 is 0 Å². The summed E-state index contributed by atoms with van der Waals surface area (Å²) in [7, 11) is -3.67. The Morgan fingerprint density at radius 2 is 1.71 bits per heavy atom. The van der Waals surface area contributed by atoms with E-state index in [1.807, 2.05) is 19.9 Å². The zero-order valence-electron chi connectivity index (χ0n) is 13.7. The van der Waals surface area contributed by atoms with E-state index in [1.54, 1.807) is 24.3 Å². The highest BCUT2D eigenvalue weighted by atomic mass is 32.2. The lowest BCUT2D eigenvalue weighted by Gasteiger charge is -2.12. The molecule has 0 bridgehead atoms. The summed E-state index contributed by atoms with van der Waals surface area (Å²) in [4.78, 5) is 11.8. The van der Waals surface area contributed by atoms with Gasteiger partial charge in [0.05, 0.1) is 4.90 Å². The molecule has 1 amide bonds. The summed E-state index contributed by atoms with van der Waals surface area (Å²) in [5.74, 6) is -0.0299. The zero-order chi connectivity index (χ0) is 17.3. The van der Waals surface area contributed by atoms with Gasteiger partial charge in [-0.05, 0) is 73.7 Å². The molecule has 0 atom stereocenters. The molecule has 0 fully saturated rings. The summed E-state index contributed by atoms with van der Waals surface area (Å²) < 4.78 is 28.0. The maximum Gasteiger partial charge on any atom is 0.261 e. The Hall–Kier alpha value is -2.34. The van der Waals surface area contributed by atoms with Gasteiger partial charge < -0.3 is 5.32 Å². The van der Waals surface area contributed by atoms with E-state index in [0.717, 1.165) is 16.7 Å². The molecule has 0 saturated carbocycles. The molecule has 24 heavy (non-hydrogen) atoms. The second-order valence-electron chi connectivity index (χ2n) is 6.20. The first-order valence-corrected chi connectivity index (χ1v) is 9.36. The third-order valence-electron chi connectivity index (χ3n) is 3.98. The van der Waals surface area contributed by atoms with Crippen molar-refractivity contribution in [3.8, 4) is 0 Å². The van der Waals surface area contributed by atoms with Crippen LogP contribution in [-0.4, -0.2) is 14.3 Å². The monoisotopic (exact) mass is 344 g/mol. The maximum absolute atomic E-state index is 12.7. The number of sulfonamides is 1. The minimum atomic E-state index is -3.67. The Morgan fingerprint density at radius 1 is 1.00 bits per heavy atom. The average molecular weight is 344 g/mol. The van der Waals surface area contributed by atoms with E-state index in [1.165, 1.54) is 6.07 Å². The van der Waals surface area contributed by atoms with Crippen molar-refractivity contribution in [1.82, 2.24) is 0 Å². The molecular formula is C18H20N2O3S. The Morgan fingerprint density at radius 3 is 2.42 bits per heavy atom. The number of amides is 1. The number of anilines is 2. The van der Waals surface area contributed by atoms with Crippen LogP contribution in [0.2, 0.25) is 0 Å². The molecule has 0 aromatic heterocycles. The van der Waals surface area contributed by atoms with Crippen molar-refractivity contribution in [3.63, 3.8) is 0 Å². The minimum Gasteiger partial charge on any atom is -0.326 e. The van der Waals surface area contributed by atoms with Crippen molar-refractivity contribution >= 4 is 27.3 Å². The van der Waals surface area contributed by atoms with Crippen molar-refractivity contribution in [2.75, 3.05) is 10.0 Å². The quantitative estimate of drug-likeness (QED) is 0.896. The van der Waals surface area contributed by atoms with Gasteiger partial charge in [-0.3, -0.25) is 9.52 Å². The highest BCUT2D eigenvalue weighted by Gasteiger charge is 2.19. The Kier molecular flexibility index (Phi) is 4.32. The molecule has 1 aliphatic rings. The number of hydrogen-bond acceptors (Lipinski definition) is 3. The molecular weight excluding hydrogens is 324 g/mol. The van der Waals surface area contributed by atoms with Crippen LogP contribution in [-0.2, 0) is 21.2 Å². The Balaban J connectivity index is 1.92. The van der Waals surface area contributed by atoms with E-state index >= 15 is 0 Å². The van der Waals surface area contributed by atoms with Gasteiger partial charge in [0.25, 0.3) is 10.0 Å². The van der Waals surface area contributed by atoms with Crippen molar-refractivity contribution in [2.24, 2.45) is 0 Å². The van der Waals surface area contributed by atoms with Crippen LogP contribution in [0, 0.1) is 13.8 Å². The van der Waals surface area contributed by atoms with Gasteiger partial charge >= 0.3 is 0 Å². The van der Waals surface area contributed by atoms with E-state index in [-0.39, 0.29) is 10.8 Å². The van der Waals surface area contributed by atoms with Gasteiger partial charge in [-0.1, -0.05) is 6.07 Å². The predicted molar refractivity (Wildman–Crippen MR) is 94.7 cm³/mol. The molecule has 0 spiro atoms. The highest BCUT2D eigenvalue weighted by Crippen LogP contribution is 2.26. The predicted octanol–water partition coefficient (Wildman–Crippen LogP) is 3.38. The molecule has 0 aliphatic carbocycles. The topological polar surface area (TPSA) is 75.3 Å². The summed E-state index contributed by atoms with van der Waals surface area (Å²) in [6.45, 7) is 3.85. The summed E-state index contributed by atoms with van der Waals surface area (Å²) in [6, 6.07) is 10.4. The molecule has 0 unspecified atom stereocenters. The first-order valence-electron chi connectivity index (χ1n) is 7.87. The number of aryl methyl sites for hydroxylation is 3. The fourth-order valence-electron chi connectivity index (χ4n) is 2.97. The molecule has 126 valence electrons. The van der Waals surface area contributed by atoms with Crippen LogP contribution in [0.15, 0.2) is 41.3 Å². The number of carbonyl (C=O) groups excluding carboxylic acids is 1. The van der Waals surface area contributed by atoms with Crippen LogP contribution in [0.5, 0.6) is 0 Å². The summed E-state index contributed by atoms with van der Waals surface area (Å²) in [5.41, 5.74) is 4.09. The van der Waals surface area contributed by atoms with Crippen LogP contribution in [0.25, 0.3) is 0 Å². The highest BCUT2D eigenvalue weighted by molar-refractivity contribution is 7.92. The molecule has 2 N–H and O–H groups in total. The largest absolute Gasteiger partial charge is 0.326 e. The van der Waals surface area contributed by atoms with Gasteiger partial charge in [-0.15, -0.1) is 0 Å². The second-order valence-corrected chi connectivity index (χ2v) is 7.88. The average Bonchev–Trinajstić information content (AvgIpc) is 2.65. The van der Waals surface area contributed by atoms with E-state index < -0.39 is 10.0 Å². The van der Waals surface area contributed by atoms with Crippen molar-refractivity contribution in [1.29, 1.82) is 0 Å². The van der Waals surface area contributed by atoms with Crippen LogP contribution in [0.4, 0.5) is 11.4 Å². The number of rotatable bonds is 3. The number of benzene rings is 2. The molecule has 0 radical (unpaired) electrons. The lowest BCUT2D eigenvalue weighted by molar-refractivity contribution is -0.116. The molecule has 2 aromatic rings. The van der Waals surface area contributed by atoms with Crippen molar-refractivity contribution < 1.29 is 13.2 Å². The molecule has 1 aliphatic heterocycles. The van der Waals surface area contributed by atoms with Gasteiger partial charge in [0, 0.05) is 17.8 Å². The Bertz CT molecular complexity index is 884. The van der Waals surface area contributed by atoms with E-state index in [2.05, 4.69) is 10.0 Å². The van der Waals surface area contributed by atoms with Crippen molar-refractivity contribution in [2.45, 2.75) is 38.0 Å². The third kappa shape index (κ3) is 3.59. The minimum absolute atomic E-state index is 0.0299. The summed E-state index contributed by atoms with van der Waals surface area (Å²) >= 11 is 0. The van der Waals surface area contributed by atoms with Crippen LogP contribution < -0.4 is 10.0 Å². The number of fused-ring (bicyclic) bond motifs is 1. The van der Waals surface area contributed by atoms with Crippen molar-refractivity contribution in [3.05, 3.63) is 53.1 Å². The summed E-state index contributed by atoms with van der Waals surface area (Å²) in [5, 5.41) is 2.81. The first kappa shape index (κ1) is 16.5. The fraction of sp³-hybridized carbons (Fsp3) is 0.278. The lowest BCUT2D eigenvalue weighted by atomic mass is 10.1. The van der Waals surface area contributed by atoms with Crippen LogP contribution in [0.1, 0.15) is 29.5 Å². The molecule has 2 aromatic carbocycles. The van der Waals surface area contributed by atoms with E-state index in [9.17, 15) is 13.2 Å². The molecule has 0 saturated heterocycles. The standard InChI is InChI=1S/C18H20N2O3S/c1-12-8-13(2)10-15(9-12)20-24(22,23)16-6-7-17-14(11-16)4-3-5-18(21)19-17/h6-11,20H,3-5H2,1-2H3,(H,19,21). The van der Waals surface area contributed by atoms with E-state index in [4.69, 9.17) is 0 Å². The molecule has 5 nitrogen and oxygen atoms in total. The number of carbonyl (C=O) groups is 1. The first-order chi connectivity index (χ1) is 11.3. The lowest BCUT2D eigenvalue weighted by Crippen LogP contribution is -2.14. The molecule has 1 heterocycles.